The Morgan fingerprint density at radius 2 is 1.64 bits per heavy atom. The third kappa shape index (κ3) is 8.07. The zero-order valence-electron chi connectivity index (χ0n) is 15.0. The van der Waals surface area contributed by atoms with E-state index in [1.165, 1.54) is 0 Å². The summed E-state index contributed by atoms with van der Waals surface area (Å²) >= 11 is 0. The number of carbonyl (C=O) groups is 3. The number of methoxy groups -OCH3 is 1. The number of carboxylic acids is 1. The van der Waals surface area contributed by atoms with E-state index in [0.29, 0.717) is 19.8 Å². The van der Waals surface area contributed by atoms with Gasteiger partial charge < -0.3 is 28.8 Å². The normalized spacial score (nSPS) is 10.3. The second kappa shape index (κ2) is 12.3. The highest BCUT2D eigenvalue weighted by molar-refractivity contribution is 6.29. The van der Waals surface area contributed by atoms with E-state index in [2.05, 4.69) is 4.74 Å². The molecule has 0 aromatic heterocycles. The summed E-state index contributed by atoms with van der Waals surface area (Å²) in [7, 11) is 1.55. The SMILES string of the molecule is COCCOCCOCCOC(=O)c1cc([N+](=O)[O-])ccc1OC(=O)C(=O)O. The first-order valence-electron chi connectivity index (χ1n) is 7.92. The van der Waals surface area contributed by atoms with E-state index in [9.17, 15) is 24.5 Å². The lowest BCUT2D eigenvalue weighted by molar-refractivity contribution is -0.384. The molecule has 1 aromatic rings. The second-order valence-electron chi connectivity index (χ2n) is 4.99. The van der Waals surface area contributed by atoms with Crippen LogP contribution in [0, 0.1) is 10.1 Å². The molecule has 1 aromatic carbocycles. The zero-order valence-corrected chi connectivity index (χ0v) is 15.0. The lowest BCUT2D eigenvalue weighted by Crippen LogP contribution is -2.21. The van der Waals surface area contributed by atoms with E-state index >= 15 is 0 Å². The molecule has 12 heteroatoms. The molecule has 12 nitrogen and oxygen atoms in total. The van der Waals surface area contributed by atoms with Crippen LogP contribution in [0.4, 0.5) is 5.69 Å². The Labute approximate surface area is 159 Å². The number of benzene rings is 1. The molecule has 1 N–H and O–H groups in total. The summed E-state index contributed by atoms with van der Waals surface area (Å²) in [6.45, 7) is 1.27. The van der Waals surface area contributed by atoms with Crippen molar-refractivity contribution >= 4 is 23.6 Å². The van der Waals surface area contributed by atoms with Gasteiger partial charge in [-0.1, -0.05) is 0 Å². The Balaban J connectivity index is 2.59. The number of nitro benzene ring substituents is 1. The van der Waals surface area contributed by atoms with E-state index in [1.807, 2.05) is 0 Å². The maximum Gasteiger partial charge on any atom is 0.422 e. The molecular formula is C16H19NO11. The third-order valence-electron chi connectivity index (χ3n) is 3.04. The van der Waals surface area contributed by atoms with Gasteiger partial charge in [-0.15, -0.1) is 0 Å². The summed E-state index contributed by atoms with van der Waals surface area (Å²) in [5.74, 6) is -5.06. The summed E-state index contributed by atoms with van der Waals surface area (Å²) in [5.41, 5.74) is -0.932. The largest absolute Gasteiger partial charge is 0.473 e. The first-order valence-corrected chi connectivity index (χ1v) is 7.92. The number of carbonyl (C=O) groups excluding carboxylic acids is 2. The molecule has 0 unspecified atom stereocenters. The van der Waals surface area contributed by atoms with E-state index < -0.39 is 39.8 Å². The van der Waals surface area contributed by atoms with Crippen LogP contribution in [0.15, 0.2) is 18.2 Å². The van der Waals surface area contributed by atoms with E-state index in [-0.39, 0.29) is 19.8 Å². The average molecular weight is 401 g/mol. The predicted octanol–water partition coefficient (Wildman–Crippen LogP) is 0.421. The fourth-order valence-corrected chi connectivity index (χ4v) is 1.76. The van der Waals surface area contributed by atoms with Crippen molar-refractivity contribution in [1.29, 1.82) is 0 Å². The number of ether oxygens (including phenoxy) is 5. The number of nitro groups is 1. The van der Waals surface area contributed by atoms with Crippen molar-refractivity contribution in [1.82, 2.24) is 0 Å². The molecule has 0 atom stereocenters. The average Bonchev–Trinajstić information content (AvgIpc) is 2.66. The second-order valence-corrected chi connectivity index (χ2v) is 4.99. The van der Waals surface area contributed by atoms with Gasteiger partial charge in [-0.2, -0.15) is 0 Å². The van der Waals surface area contributed by atoms with Gasteiger partial charge in [-0.25, -0.2) is 14.4 Å². The van der Waals surface area contributed by atoms with Crippen LogP contribution in [0.25, 0.3) is 0 Å². The summed E-state index contributed by atoms with van der Waals surface area (Å²) in [5, 5.41) is 19.4. The monoisotopic (exact) mass is 401 g/mol. The minimum atomic E-state index is -1.89. The molecule has 28 heavy (non-hydrogen) atoms. The van der Waals surface area contributed by atoms with Gasteiger partial charge in [-0.3, -0.25) is 10.1 Å². The number of aliphatic carboxylic acids is 1. The van der Waals surface area contributed by atoms with Crippen LogP contribution < -0.4 is 4.74 Å². The van der Waals surface area contributed by atoms with Crippen LogP contribution in [-0.4, -0.2) is 74.7 Å². The lowest BCUT2D eigenvalue weighted by Gasteiger charge is -2.09. The van der Waals surface area contributed by atoms with E-state index in [1.54, 1.807) is 7.11 Å². The molecule has 0 aliphatic heterocycles. The first-order chi connectivity index (χ1) is 13.4. The number of rotatable bonds is 12. The summed E-state index contributed by atoms with van der Waals surface area (Å²) in [6, 6.07) is 2.70. The van der Waals surface area contributed by atoms with Gasteiger partial charge in [-0.05, 0) is 6.07 Å². The van der Waals surface area contributed by atoms with Crippen molar-refractivity contribution in [3.8, 4) is 5.75 Å². The topological polar surface area (TPSA) is 161 Å². The fourth-order valence-electron chi connectivity index (χ4n) is 1.76. The highest BCUT2D eigenvalue weighted by Gasteiger charge is 2.23. The molecule has 0 radical (unpaired) electrons. The molecule has 0 bridgehead atoms. The Morgan fingerprint density at radius 1 is 1.04 bits per heavy atom. The molecule has 0 fully saturated rings. The molecule has 1 rings (SSSR count). The van der Waals surface area contributed by atoms with Crippen LogP contribution in [0.5, 0.6) is 5.75 Å². The van der Waals surface area contributed by atoms with Crippen molar-refractivity contribution in [2.24, 2.45) is 0 Å². The molecule has 0 spiro atoms. The van der Waals surface area contributed by atoms with Crippen molar-refractivity contribution in [3.63, 3.8) is 0 Å². The molecule has 0 saturated carbocycles. The molecule has 154 valence electrons. The van der Waals surface area contributed by atoms with Crippen LogP contribution >= 0.6 is 0 Å². The number of non-ortho nitro benzene ring substituents is 1. The Bertz CT molecular complexity index is 704. The highest BCUT2D eigenvalue weighted by Crippen LogP contribution is 2.25. The number of carboxylic acid groups (broad SMARTS) is 1. The van der Waals surface area contributed by atoms with Crippen molar-refractivity contribution in [3.05, 3.63) is 33.9 Å². The summed E-state index contributed by atoms with van der Waals surface area (Å²) in [4.78, 5) is 44.0. The van der Waals surface area contributed by atoms with E-state index in [0.717, 1.165) is 18.2 Å². The van der Waals surface area contributed by atoms with E-state index in [4.69, 9.17) is 24.1 Å². The smallest absolute Gasteiger partial charge is 0.422 e. The number of hydrogen-bond donors (Lipinski definition) is 1. The zero-order chi connectivity index (χ0) is 20.9. The number of nitrogens with zero attached hydrogens (tertiary/aromatic N) is 1. The Morgan fingerprint density at radius 3 is 2.21 bits per heavy atom. The van der Waals surface area contributed by atoms with Crippen LogP contribution in [0.1, 0.15) is 10.4 Å². The third-order valence-corrected chi connectivity index (χ3v) is 3.04. The molecule has 0 amide bonds. The maximum atomic E-state index is 12.1. The minimum Gasteiger partial charge on any atom is -0.473 e. The Hall–Kier alpha value is -3.09. The molecule has 0 heterocycles. The van der Waals surface area contributed by atoms with Gasteiger partial charge in [0.1, 0.15) is 17.9 Å². The van der Waals surface area contributed by atoms with Crippen LogP contribution in [0.2, 0.25) is 0 Å². The van der Waals surface area contributed by atoms with Gasteiger partial charge in [0.15, 0.2) is 0 Å². The Kier molecular flexibility index (Phi) is 10.1. The molecule has 0 saturated heterocycles. The van der Waals surface area contributed by atoms with Gasteiger partial charge >= 0.3 is 17.9 Å². The molecule has 0 aliphatic carbocycles. The summed E-state index contributed by atoms with van der Waals surface area (Å²) < 4.78 is 24.6. The van der Waals surface area contributed by atoms with Crippen molar-refractivity contribution in [2.75, 3.05) is 46.8 Å². The lowest BCUT2D eigenvalue weighted by atomic mass is 10.2. The quantitative estimate of drug-likeness (QED) is 0.129. The standard InChI is InChI=1S/C16H19NO11/c1-24-4-5-25-6-7-26-8-9-27-15(20)12-10-11(17(22)23)2-3-13(12)28-16(21)14(18)19/h2-3,10H,4-9H2,1H3,(H,18,19). The van der Waals surface area contributed by atoms with Gasteiger partial charge in [0.05, 0.1) is 38.0 Å². The number of hydrogen-bond acceptors (Lipinski definition) is 10. The van der Waals surface area contributed by atoms with Crippen molar-refractivity contribution in [2.45, 2.75) is 0 Å². The number of esters is 2. The van der Waals surface area contributed by atoms with Crippen LogP contribution in [0.3, 0.4) is 0 Å². The van der Waals surface area contributed by atoms with Gasteiger partial charge in [0.2, 0.25) is 0 Å². The molecule has 0 aliphatic rings. The predicted molar refractivity (Wildman–Crippen MR) is 90.2 cm³/mol. The fraction of sp³-hybridized carbons (Fsp3) is 0.438. The minimum absolute atomic E-state index is 0.0263. The molecular weight excluding hydrogens is 382 g/mol. The summed E-state index contributed by atoms with van der Waals surface area (Å²) in [6.07, 6.45) is 0. The maximum absolute atomic E-state index is 12.1. The first kappa shape index (κ1) is 23.0. The van der Waals surface area contributed by atoms with Crippen LogP contribution in [-0.2, 0) is 28.5 Å². The van der Waals surface area contributed by atoms with Gasteiger partial charge in [0, 0.05) is 19.2 Å². The highest BCUT2D eigenvalue weighted by atomic mass is 16.6. The van der Waals surface area contributed by atoms with Gasteiger partial charge in [0.25, 0.3) is 5.69 Å². The van der Waals surface area contributed by atoms with Crippen molar-refractivity contribution < 1.29 is 48.1 Å².